The summed E-state index contributed by atoms with van der Waals surface area (Å²) in [5.74, 6) is 0.786. The number of likely N-dealkylation sites (tertiary alicyclic amines) is 1. The van der Waals surface area contributed by atoms with Crippen LogP contribution in [0.25, 0.3) is 10.6 Å². The Bertz CT molecular complexity index is 774. The minimum absolute atomic E-state index is 0. The highest BCUT2D eigenvalue weighted by molar-refractivity contribution is 14.0. The normalized spacial score (nSPS) is 15.1. The molecule has 1 aromatic heterocycles. The molecule has 152 valence electrons. The lowest BCUT2D eigenvalue weighted by Gasteiger charge is -2.33. The number of ether oxygens (including phenoxy) is 1. The fourth-order valence-electron chi connectivity index (χ4n) is 3.19. The van der Waals surface area contributed by atoms with E-state index in [4.69, 9.17) is 9.72 Å². The number of benzene rings is 1. The lowest BCUT2D eigenvalue weighted by atomic mass is 9.97. The molecule has 0 radical (unpaired) electrons. The number of carbonyl (C=O) groups is 1. The van der Waals surface area contributed by atoms with E-state index in [0.717, 1.165) is 48.2 Å². The highest BCUT2D eigenvalue weighted by atomic mass is 127. The number of halogens is 1. The lowest BCUT2D eigenvalue weighted by Crippen LogP contribution is -2.46. The van der Waals surface area contributed by atoms with E-state index in [0.29, 0.717) is 13.2 Å². The first-order chi connectivity index (χ1) is 13.2. The molecule has 1 aliphatic rings. The van der Waals surface area contributed by atoms with Crippen molar-refractivity contribution in [2.75, 3.05) is 26.7 Å². The van der Waals surface area contributed by atoms with E-state index in [1.165, 1.54) is 0 Å². The largest absolute Gasteiger partial charge is 0.466 e. The van der Waals surface area contributed by atoms with Gasteiger partial charge in [-0.05, 0) is 19.8 Å². The van der Waals surface area contributed by atoms with Crippen LogP contribution in [0.3, 0.4) is 0 Å². The summed E-state index contributed by atoms with van der Waals surface area (Å²) in [7, 11) is 1.79. The Hall–Kier alpha value is -1.68. The number of guanidine groups is 1. The molecule has 6 nitrogen and oxygen atoms in total. The van der Waals surface area contributed by atoms with Crippen molar-refractivity contribution in [2.24, 2.45) is 10.9 Å². The number of piperidine rings is 1. The standard InChI is InChI=1S/C20H26N4O2S.HI/c1-3-26-19(25)16-9-11-24(12-10-16)20(21-2)22-13-17-14-27-18(23-17)15-7-5-4-6-8-15;/h4-8,14,16H,3,9-13H2,1-2H3,(H,21,22);1H. The van der Waals surface area contributed by atoms with Gasteiger partial charge in [-0.3, -0.25) is 9.79 Å². The van der Waals surface area contributed by atoms with Crippen LogP contribution in [0.1, 0.15) is 25.5 Å². The number of thiazole rings is 1. The molecule has 1 saturated heterocycles. The molecule has 2 heterocycles. The zero-order valence-electron chi connectivity index (χ0n) is 16.3. The number of esters is 1. The summed E-state index contributed by atoms with van der Waals surface area (Å²) in [6, 6.07) is 10.2. The molecule has 0 aliphatic carbocycles. The summed E-state index contributed by atoms with van der Waals surface area (Å²) >= 11 is 1.65. The van der Waals surface area contributed by atoms with Gasteiger partial charge in [0.05, 0.1) is 24.8 Å². The number of aromatic nitrogens is 1. The van der Waals surface area contributed by atoms with Gasteiger partial charge in [-0.1, -0.05) is 30.3 Å². The van der Waals surface area contributed by atoms with Gasteiger partial charge in [0, 0.05) is 31.1 Å². The molecule has 3 rings (SSSR count). The van der Waals surface area contributed by atoms with E-state index in [1.54, 1.807) is 18.4 Å². The second kappa shape index (κ2) is 11.4. The van der Waals surface area contributed by atoms with Crippen LogP contribution < -0.4 is 5.32 Å². The minimum atomic E-state index is -0.0731. The number of nitrogens with zero attached hydrogens (tertiary/aromatic N) is 3. The predicted molar refractivity (Wildman–Crippen MR) is 124 cm³/mol. The topological polar surface area (TPSA) is 66.8 Å². The van der Waals surface area contributed by atoms with Crippen molar-refractivity contribution in [2.45, 2.75) is 26.3 Å². The summed E-state index contributed by atoms with van der Waals surface area (Å²) in [5.41, 5.74) is 2.14. The van der Waals surface area contributed by atoms with E-state index in [1.807, 2.05) is 25.1 Å². The lowest BCUT2D eigenvalue weighted by molar-refractivity contribution is -0.149. The van der Waals surface area contributed by atoms with Crippen molar-refractivity contribution in [3.63, 3.8) is 0 Å². The molecule has 0 unspecified atom stereocenters. The molecule has 1 aliphatic heterocycles. The van der Waals surface area contributed by atoms with Gasteiger partial charge in [-0.15, -0.1) is 35.3 Å². The fourth-order valence-corrected chi connectivity index (χ4v) is 4.02. The summed E-state index contributed by atoms with van der Waals surface area (Å²) in [4.78, 5) is 23.2. The summed E-state index contributed by atoms with van der Waals surface area (Å²) in [6.45, 7) is 4.53. The van der Waals surface area contributed by atoms with Crippen LogP contribution in [0, 0.1) is 5.92 Å². The second-order valence-corrected chi connectivity index (χ2v) is 7.28. The van der Waals surface area contributed by atoms with Crippen molar-refractivity contribution in [3.8, 4) is 10.6 Å². The van der Waals surface area contributed by atoms with Gasteiger partial charge in [0.1, 0.15) is 5.01 Å². The average Bonchev–Trinajstić information content (AvgIpc) is 3.19. The molecule has 8 heteroatoms. The molecule has 0 amide bonds. The van der Waals surface area contributed by atoms with Crippen molar-refractivity contribution in [3.05, 3.63) is 41.4 Å². The first-order valence-electron chi connectivity index (χ1n) is 9.33. The quantitative estimate of drug-likeness (QED) is 0.285. The maximum absolute atomic E-state index is 11.9. The van der Waals surface area contributed by atoms with Gasteiger partial charge in [0.15, 0.2) is 5.96 Å². The molecule has 28 heavy (non-hydrogen) atoms. The van der Waals surface area contributed by atoms with Gasteiger partial charge >= 0.3 is 5.97 Å². The Kier molecular flexibility index (Phi) is 9.17. The van der Waals surface area contributed by atoms with E-state index < -0.39 is 0 Å². The maximum atomic E-state index is 11.9. The third-order valence-electron chi connectivity index (χ3n) is 4.63. The number of hydrogen-bond donors (Lipinski definition) is 1. The molecule has 0 saturated carbocycles. The SMILES string of the molecule is CCOC(=O)C1CCN(C(=NC)NCc2csc(-c3ccccc3)n2)CC1.I. The van der Waals surface area contributed by atoms with Crippen LogP contribution in [0.2, 0.25) is 0 Å². The number of aliphatic imine (C=N–C) groups is 1. The minimum Gasteiger partial charge on any atom is -0.466 e. The monoisotopic (exact) mass is 514 g/mol. The van der Waals surface area contributed by atoms with Gasteiger partial charge in [0.2, 0.25) is 0 Å². The van der Waals surface area contributed by atoms with Crippen molar-refractivity contribution < 1.29 is 9.53 Å². The van der Waals surface area contributed by atoms with Crippen molar-refractivity contribution in [1.29, 1.82) is 0 Å². The highest BCUT2D eigenvalue weighted by Gasteiger charge is 2.27. The van der Waals surface area contributed by atoms with Crippen molar-refractivity contribution in [1.82, 2.24) is 15.2 Å². The summed E-state index contributed by atoms with van der Waals surface area (Å²) < 4.78 is 5.14. The number of rotatable bonds is 5. The van der Waals surface area contributed by atoms with E-state index in [-0.39, 0.29) is 35.9 Å². The zero-order valence-corrected chi connectivity index (χ0v) is 19.4. The Morgan fingerprint density at radius 1 is 1.32 bits per heavy atom. The third-order valence-corrected chi connectivity index (χ3v) is 5.57. The molecule has 1 N–H and O–H groups in total. The molecule has 0 spiro atoms. The van der Waals surface area contributed by atoms with Crippen LogP contribution in [-0.2, 0) is 16.1 Å². The average molecular weight is 514 g/mol. The molecule has 0 bridgehead atoms. The maximum Gasteiger partial charge on any atom is 0.309 e. The summed E-state index contributed by atoms with van der Waals surface area (Å²) in [6.07, 6.45) is 1.60. The number of hydrogen-bond acceptors (Lipinski definition) is 5. The Balaban J connectivity index is 0.00000280. The summed E-state index contributed by atoms with van der Waals surface area (Å²) in [5, 5.41) is 6.50. The van der Waals surface area contributed by atoms with Gasteiger partial charge in [-0.2, -0.15) is 0 Å². The second-order valence-electron chi connectivity index (χ2n) is 6.42. The fraction of sp³-hybridized carbons (Fsp3) is 0.450. The molecule has 2 aromatic rings. The van der Waals surface area contributed by atoms with Crippen LogP contribution in [-0.4, -0.2) is 48.6 Å². The molecular weight excluding hydrogens is 487 g/mol. The first-order valence-corrected chi connectivity index (χ1v) is 10.2. The molecule has 0 atom stereocenters. The zero-order chi connectivity index (χ0) is 19.1. The van der Waals surface area contributed by atoms with E-state index >= 15 is 0 Å². The van der Waals surface area contributed by atoms with Crippen molar-refractivity contribution >= 4 is 47.2 Å². The van der Waals surface area contributed by atoms with E-state index in [9.17, 15) is 4.79 Å². The molecule has 1 fully saturated rings. The molecule has 1 aromatic carbocycles. The van der Waals surface area contributed by atoms with Crippen LogP contribution in [0.4, 0.5) is 0 Å². The third kappa shape index (κ3) is 5.91. The van der Waals surface area contributed by atoms with Crippen LogP contribution in [0.5, 0.6) is 0 Å². The Morgan fingerprint density at radius 2 is 2.04 bits per heavy atom. The predicted octanol–water partition coefficient (Wildman–Crippen LogP) is 3.78. The highest BCUT2D eigenvalue weighted by Crippen LogP contribution is 2.23. The Morgan fingerprint density at radius 3 is 2.68 bits per heavy atom. The van der Waals surface area contributed by atoms with Gasteiger partial charge in [0.25, 0.3) is 0 Å². The van der Waals surface area contributed by atoms with Gasteiger partial charge in [-0.25, -0.2) is 4.98 Å². The number of nitrogens with one attached hydrogen (secondary N) is 1. The van der Waals surface area contributed by atoms with Crippen LogP contribution in [0.15, 0.2) is 40.7 Å². The van der Waals surface area contributed by atoms with E-state index in [2.05, 4.69) is 32.7 Å². The first kappa shape index (κ1) is 22.6. The van der Waals surface area contributed by atoms with Crippen LogP contribution >= 0.6 is 35.3 Å². The Labute approximate surface area is 187 Å². The smallest absolute Gasteiger partial charge is 0.309 e. The number of carbonyl (C=O) groups excluding carboxylic acids is 1. The molecular formula is C20H27IN4O2S. The van der Waals surface area contributed by atoms with Gasteiger partial charge < -0.3 is 15.0 Å².